The van der Waals surface area contributed by atoms with Crippen LogP contribution in [-0.4, -0.2) is 21.3 Å². The lowest BCUT2D eigenvalue weighted by molar-refractivity contribution is -0.113. The summed E-state index contributed by atoms with van der Waals surface area (Å²) in [6, 6.07) is 16.8. The van der Waals surface area contributed by atoms with Crippen molar-refractivity contribution >= 4 is 35.0 Å². The predicted octanol–water partition coefficient (Wildman–Crippen LogP) is 3.65. The van der Waals surface area contributed by atoms with E-state index in [1.807, 2.05) is 30.3 Å². The average molecular weight is 359 g/mol. The fraction of sp³-hybridized carbons (Fsp3) is 0.0588. The van der Waals surface area contributed by atoms with Crippen LogP contribution in [0, 0.1) is 0 Å². The minimum atomic E-state index is -0.147. The number of rotatable bonds is 5. The molecule has 0 unspecified atom stereocenters. The molecule has 2 aromatic carbocycles. The summed E-state index contributed by atoms with van der Waals surface area (Å²) in [5.74, 6) is 5.98. The van der Waals surface area contributed by atoms with E-state index in [9.17, 15) is 4.79 Å². The Morgan fingerprint density at radius 1 is 1.21 bits per heavy atom. The molecule has 1 heterocycles. The first-order chi connectivity index (χ1) is 11.6. The second kappa shape index (κ2) is 7.42. The number of nitrogen functional groups attached to an aromatic ring is 1. The Morgan fingerprint density at radius 2 is 2.00 bits per heavy atom. The van der Waals surface area contributed by atoms with Crippen LogP contribution in [0.3, 0.4) is 0 Å². The van der Waals surface area contributed by atoms with Crippen molar-refractivity contribution in [2.45, 2.75) is 5.16 Å². The summed E-state index contributed by atoms with van der Waals surface area (Å²) >= 11 is 7.17. The molecule has 0 radical (unpaired) electrons. The van der Waals surface area contributed by atoms with Gasteiger partial charge in [-0.3, -0.25) is 4.79 Å². The number of anilines is 1. The lowest BCUT2D eigenvalue weighted by Gasteiger charge is -2.05. The number of carbonyl (C=O) groups is 1. The fourth-order valence-electron chi connectivity index (χ4n) is 2.12. The van der Waals surface area contributed by atoms with Crippen LogP contribution in [0.1, 0.15) is 0 Å². The van der Waals surface area contributed by atoms with Crippen LogP contribution in [0.5, 0.6) is 0 Å². The van der Waals surface area contributed by atoms with Crippen molar-refractivity contribution in [2.75, 3.05) is 16.9 Å². The minimum Gasteiger partial charge on any atom is -0.337 e. The molecule has 0 spiro atoms. The third kappa shape index (κ3) is 4.10. The van der Waals surface area contributed by atoms with Gasteiger partial charge in [-0.1, -0.05) is 59.8 Å². The summed E-state index contributed by atoms with van der Waals surface area (Å²) in [6.45, 7) is 0. The highest BCUT2D eigenvalue weighted by Gasteiger charge is 2.11. The number of nitrogens with zero attached hydrogens (tertiary/aromatic N) is 2. The number of carbonyl (C=O) groups excluding carboxylic acids is 1. The number of nitrogens with two attached hydrogens (primary N) is 1. The first-order valence-corrected chi connectivity index (χ1v) is 8.56. The van der Waals surface area contributed by atoms with Crippen LogP contribution in [-0.2, 0) is 4.79 Å². The highest BCUT2D eigenvalue weighted by molar-refractivity contribution is 7.99. The van der Waals surface area contributed by atoms with Gasteiger partial charge < -0.3 is 11.2 Å². The first-order valence-electron chi connectivity index (χ1n) is 7.20. The smallest absolute Gasteiger partial charge is 0.234 e. The van der Waals surface area contributed by atoms with E-state index in [-0.39, 0.29) is 11.7 Å². The minimum absolute atomic E-state index is 0.147. The topological polar surface area (TPSA) is 72.9 Å². The van der Waals surface area contributed by atoms with Gasteiger partial charge in [-0.15, -0.1) is 0 Å². The fourth-order valence-corrected chi connectivity index (χ4v) is 3.01. The van der Waals surface area contributed by atoms with Gasteiger partial charge in [-0.2, -0.15) is 0 Å². The molecule has 0 aliphatic rings. The van der Waals surface area contributed by atoms with Gasteiger partial charge in [0.2, 0.25) is 5.91 Å². The van der Waals surface area contributed by atoms with E-state index < -0.39 is 0 Å². The van der Waals surface area contributed by atoms with Gasteiger partial charge in [0, 0.05) is 16.3 Å². The highest BCUT2D eigenvalue weighted by atomic mass is 35.5. The molecule has 24 heavy (non-hydrogen) atoms. The number of aromatic nitrogens is 2. The van der Waals surface area contributed by atoms with Crippen LogP contribution >= 0.6 is 23.4 Å². The number of halogens is 1. The molecule has 3 rings (SSSR count). The molecule has 0 atom stereocenters. The third-order valence-electron chi connectivity index (χ3n) is 3.21. The van der Waals surface area contributed by atoms with Gasteiger partial charge in [-0.05, 0) is 18.2 Å². The largest absolute Gasteiger partial charge is 0.337 e. The van der Waals surface area contributed by atoms with Crippen molar-refractivity contribution in [3.05, 3.63) is 65.8 Å². The molecule has 0 bridgehead atoms. The molecule has 0 aliphatic carbocycles. The maximum absolute atomic E-state index is 12.0. The van der Waals surface area contributed by atoms with E-state index in [0.29, 0.717) is 15.9 Å². The van der Waals surface area contributed by atoms with Gasteiger partial charge in [0.1, 0.15) is 0 Å². The van der Waals surface area contributed by atoms with Gasteiger partial charge in [-0.25, -0.2) is 9.66 Å². The van der Waals surface area contributed by atoms with Gasteiger partial charge in [0.15, 0.2) is 5.16 Å². The van der Waals surface area contributed by atoms with Crippen LogP contribution in [0.2, 0.25) is 5.02 Å². The van der Waals surface area contributed by atoms with E-state index in [1.165, 1.54) is 16.4 Å². The van der Waals surface area contributed by atoms with Crippen LogP contribution < -0.4 is 11.2 Å². The lowest BCUT2D eigenvalue weighted by Crippen LogP contribution is -2.15. The van der Waals surface area contributed by atoms with E-state index in [0.717, 1.165) is 11.3 Å². The van der Waals surface area contributed by atoms with Gasteiger partial charge in [0.25, 0.3) is 0 Å². The standard InChI is InChI=1S/C17H15ClN4OS/c18-13-7-4-8-14(9-13)20-16(23)11-24-17-21-15(10-22(17)19)12-5-2-1-3-6-12/h1-10H,11,19H2,(H,20,23). The zero-order chi connectivity index (χ0) is 16.9. The summed E-state index contributed by atoms with van der Waals surface area (Å²) in [5, 5.41) is 3.94. The molecular formula is C17H15ClN4OS. The number of thioether (sulfide) groups is 1. The number of imidazole rings is 1. The Bertz CT molecular complexity index is 851. The normalized spacial score (nSPS) is 10.5. The predicted molar refractivity (Wildman–Crippen MR) is 98.6 cm³/mol. The second-order valence-corrected chi connectivity index (χ2v) is 6.41. The van der Waals surface area contributed by atoms with E-state index >= 15 is 0 Å². The first kappa shape index (κ1) is 16.4. The van der Waals surface area contributed by atoms with Crippen molar-refractivity contribution in [2.24, 2.45) is 0 Å². The summed E-state index contributed by atoms with van der Waals surface area (Å²) in [7, 11) is 0. The number of hydrogen-bond donors (Lipinski definition) is 2. The Labute approximate surface area is 148 Å². The van der Waals surface area contributed by atoms with E-state index in [1.54, 1.807) is 30.5 Å². The average Bonchev–Trinajstić information content (AvgIpc) is 2.95. The molecule has 7 heteroatoms. The third-order valence-corrected chi connectivity index (χ3v) is 4.41. The Balaban J connectivity index is 1.62. The summed E-state index contributed by atoms with van der Waals surface area (Å²) in [5.41, 5.74) is 2.41. The molecule has 3 N–H and O–H groups in total. The van der Waals surface area contributed by atoms with Crippen LogP contribution in [0.25, 0.3) is 11.3 Å². The summed E-state index contributed by atoms with van der Waals surface area (Å²) < 4.78 is 1.43. The number of benzene rings is 2. The molecule has 0 saturated carbocycles. The maximum atomic E-state index is 12.0. The molecule has 5 nitrogen and oxygen atoms in total. The molecule has 3 aromatic rings. The molecule has 0 aliphatic heterocycles. The van der Waals surface area contributed by atoms with Crippen LogP contribution in [0.15, 0.2) is 66.0 Å². The van der Waals surface area contributed by atoms with E-state index in [2.05, 4.69) is 10.3 Å². The van der Waals surface area contributed by atoms with Gasteiger partial charge >= 0.3 is 0 Å². The number of nitrogens with one attached hydrogen (secondary N) is 1. The van der Waals surface area contributed by atoms with Crippen LogP contribution in [0.4, 0.5) is 5.69 Å². The molecule has 1 amide bonds. The lowest BCUT2D eigenvalue weighted by atomic mass is 10.2. The number of hydrogen-bond acceptors (Lipinski definition) is 4. The zero-order valence-corrected chi connectivity index (χ0v) is 14.2. The molecule has 122 valence electrons. The molecular weight excluding hydrogens is 344 g/mol. The monoisotopic (exact) mass is 358 g/mol. The molecule has 0 saturated heterocycles. The molecule has 1 aromatic heterocycles. The Morgan fingerprint density at radius 3 is 2.75 bits per heavy atom. The van der Waals surface area contributed by atoms with Crippen molar-refractivity contribution in [3.8, 4) is 11.3 Å². The van der Waals surface area contributed by atoms with Crippen molar-refractivity contribution in [1.29, 1.82) is 0 Å². The van der Waals surface area contributed by atoms with E-state index in [4.69, 9.17) is 17.4 Å². The summed E-state index contributed by atoms with van der Waals surface area (Å²) in [6.07, 6.45) is 1.74. The summed E-state index contributed by atoms with van der Waals surface area (Å²) in [4.78, 5) is 16.5. The highest BCUT2D eigenvalue weighted by Crippen LogP contribution is 2.23. The van der Waals surface area contributed by atoms with Crippen molar-refractivity contribution in [1.82, 2.24) is 9.66 Å². The second-order valence-electron chi connectivity index (χ2n) is 5.03. The Kier molecular flexibility index (Phi) is 5.08. The van der Waals surface area contributed by atoms with Gasteiger partial charge in [0.05, 0.1) is 17.6 Å². The maximum Gasteiger partial charge on any atom is 0.234 e. The molecule has 0 fully saturated rings. The van der Waals surface area contributed by atoms with Crippen molar-refractivity contribution < 1.29 is 4.79 Å². The van der Waals surface area contributed by atoms with Crippen molar-refractivity contribution in [3.63, 3.8) is 0 Å². The quantitative estimate of drug-likeness (QED) is 0.539. The SMILES string of the molecule is Nn1cc(-c2ccccc2)nc1SCC(=O)Nc1cccc(Cl)c1. The Hall–Kier alpha value is -2.44. The number of amides is 1. The zero-order valence-electron chi connectivity index (χ0n) is 12.6.